The molecule has 37 heavy (non-hydrogen) atoms. The molecular formula is C26H31N7O3S. The Hall–Kier alpha value is -3.80. The van der Waals surface area contributed by atoms with Crippen LogP contribution < -0.4 is 21.1 Å². The lowest BCUT2D eigenvalue weighted by atomic mass is 10.1. The highest BCUT2D eigenvalue weighted by Crippen LogP contribution is 2.12. The van der Waals surface area contributed by atoms with E-state index in [2.05, 4.69) is 25.3 Å². The third kappa shape index (κ3) is 9.30. The first kappa shape index (κ1) is 27.8. The van der Waals surface area contributed by atoms with Crippen molar-refractivity contribution in [3.05, 3.63) is 95.6 Å². The fraction of sp³-hybridized carbons (Fsp3) is 0.269. The van der Waals surface area contributed by atoms with Gasteiger partial charge in [-0.05, 0) is 53.8 Å². The van der Waals surface area contributed by atoms with Crippen molar-refractivity contribution in [1.29, 1.82) is 5.41 Å². The molecule has 194 valence electrons. The number of pyridine rings is 2. The van der Waals surface area contributed by atoms with E-state index in [0.29, 0.717) is 24.2 Å². The molecule has 2 amide bonds. The molecule has 1 aromatic carbocycles. The van der Waals surface area contributed by atoms with Crippen molar-refractivity contribution in [2.75, 3.05) is 6.61 Å². The van der Waals surface area contributed by atoms with Gasteiger partial charge in [0.15, 0.2) is 0 Å². The number of rotatable bonds is 14. The number of carbonyl (C=O) groups excluding carboxylic acids is 2. The fourth-order valence-corrected chi connectivity index (χ4v) is 4.26. The molecular weight excluding hydrogens is 490 g/mol. The van der Waals surface area contributed by atoms with E-state index < -0.39 is 24.6 Å². The zero-order valence-corrected chi connectivity index (χ0v) is 21.1. The van der Waals surface area contributed by atoms with Gasteiger partial charge in [0.2, 0.25) is 11.8 Å². The van der Waals surface area contributed by atoms with Crippen molar-refractivity contribution >= 4 is 29.6 Å². The molecule has 0 aliphatic heterocycles. The number of amides is 2. The summed E-state index contributed by atoms with van der Waals surface area (Å²) < 4.78 is 3.21. The lowest BCUT2D eigenvalue weighted by Crippen LogP contribution is -2.53. The molecule has 7 N–H and O–H groups in total. The molecule has 2 unspecified atom stereocenters. The van der Waals surface area contributed by atoms with Crippen molar-refractivity contribution in [3.8, 4) is 0 Å². The summed E-state index contributed by atoms with van der Waals surface area (Å²) in [6, 6.07) is 12.8. The van der Waals surface area contributed by atoms with Crippen LogP contribution in [0.3, 0.4) is 0 Å². The maximum atomic E-state index is 13.1. The molecule has 2 aromatic heterocycles. The van der Waals surface area contributed by atoms with Gasteiger partial charge in [-0.1, -0.05) is 36.2 Å². The predicted octanol–water partition coefficient (Wildman–Crippen LogP) is 1.29. The minimum Gasteiger partial charge on any atom is -0.394 e. The summed E-state index contributed by atoms with van der Waals surface area (Å²) in [7, 11) is 0. The average Bonchev–Trinajstić information content (AvgIpc) is 2.93. The summed E-state index contributed by atoms with van der Waals surface area (Å²) >= 11 is 1.39. The number of nitrogens with zero attached hydrogens (tertiary/aromatic N) is 2. The Labute approximate surface area is 220 Å². The third-order valence-corrected chi connectivity index (χ3v) is 6.48. The number of nitrogens with two attached hydrogens (primary N) is 1. The lowest BCUT2D eigenvalue weighted by molar-refractivity contribution is -0.130. The molecule has 0 aliphatic carbocycles. The minimum absolute atomic E-state index is 0.0373. The minimum atomic E-state index is -1.10. The monoisotopic (exact) mass is 521 g/mol. The molecule has 0 saturated heterocycles. The van der Waals surface area contributed by atoms with Gasteiger partial charge in [-0.3, -0.25) is 29.7 Å². The van der Waals surface area contributed by atoms with Crippen molar-refractivity contribution in [3.63, 3.8) is 0 Å². The first-order valence-corrected chi connectivity index (χ1v) is 12.7. The molecule has 0 aliphatic rings. The third-order valence-electron chi connectivity index (χ3n) is 5.55. The van der Waals surface area contributed by atoms with Crippen molar-refractivity contribution in [2.45, 2.75) is 37.2 Å². The van der Waals surface area contributed by atoms with Crippen LogP contribution in [0, 0.1) is 5.41 Å². The van der Waals surface area contributed by atoms with Gasteiger partial charge < -0.3 is 21.5 Å². The molecule has 0 fully saturated rings. The highest BCUT2D eigenvalue weighted by atomic mass is 32.2. The Balaban J connectivity index is 1.57. The van der Waals surface area contributed by atoms with E-state index in [1.807, 2.05) is 24.3 Å². The van der Waals surface area contributed by atoms with Crippen LogP contribution in [0.25, 0.3) is 0 Å². The summed E-state index contributed by atoms with van der Waals surface area (Å²) in [5.41, 5.74) is 8.95. The lowest BCUT2D eigenvalue weighted by Gasteiger charge is -2.22. The SMILES string of the molecule is N=C(N)c1ccc(CNC(=O)C(CO)NC(=O)C(CCc2ccncc2)NSCc2ccncc2)cc1. The number of aliphatic hydroxyl groups is 1. The zero-order chi connectivity index (χ0) is 26.5. The Morgan fingerprint density at radius 2 is 1.51 bits per heavy atom. The van der Waals surface area contributed by atoms with E-state index >= 15 is 0 Å². The maximum Gasteiger partial charge on any atom is 0.245 e. The second-order valence-electron chi connectivity index (χ2n) is 8.28. The standard InChI is InChI=1S/C26H31N7O3S/c27-24(28)21-4-1-19(2-5-21)15-31-25(35)23(16-34)32-26(36)22(6-3-18-7-11-29-12-8-18)33-37-17-20-9-13-30-14-10-20/h1-2,4-5,7-14,22-23,33-34H,3,6,15-17H2,(H3,27,28)(H,31,35)(H,32,36). The molecule has 0 radical (unpaired) electrons. The van der Waals surface area contributed by atoms with Gasteiger partial charge in [0, 0.05) is 42.6 Å². The number of aromatic nitrogens is 2. The fourth-order valence-electron chi connectivity index (χ4n) is 3.39. The number of benzene rings is 1. The van der Waals surface area contributed by atoms with E-state index in [4.69, 9.17) is 11.1 Å². The molecule has 11 heteroatoms. The number of amidine groups is 1. The van der Waals surface area contributed by atoms with Crippen molar-refractivity contribution in [2.24, 2.45) is 5.73 Å². The molecule has 2 atom stereocenters. The molecule has 3 rings (SSSR count). The van der Waals surface area contributed by atoms with Crippen LogP contribution >= 0.6 is 11.9 Å². The Morgan fingerprint density at radius 1 is 0.892 bits per heavy atom. The second-order valence-corrected chi connectivity index (χ2v) is 9.09. The highest BCUT2D eigenvalue weighted by molar-refractivity contribution is 7.96. The normalized spacial score (nSPS) is 12.4. The largest absolute Gasteiger partial charge is 0.394 e. The summed E-state index contributed by atoms with van der Waals surface area (Å²) in [6.45, 7) is -0.336. The first-order valence-electron chi connectivity index (χ1n) is 11.7. The van der Waals surface area contributed by atoms with Gasteiger partial charge in [0.05, 0.1) is 12.6 Å². The van der Waals surface area contributed by atoms with Crippen LogP contribution in [0.5, 0.6) is 0 Å². The number of carbonyl (C=O) groups is 2. The van der Waals surface area contributed by atoms with E-state index in [1.54, 1.807) is 49.1 Å². The number of nitrogen functional groups attached to an aromatic ring is 1. The smallest absolute Gasteiger partial charge is 0.245 e. The number of hydrogen-bond donors (Lipinski definition) is 6. The zero-order valence-electron chi connectivity index (χ0n) is 20.3. The Morgan fingerprint density at radius 3 is 2.11 bits per heavy atom. The molecule has 0 spiro atoms. The summed E-state index contributed by atoms with van der Waals surface area (Å²) in [6.07, 6.45) is 7.96. The molecule has 0 bridgehead atoms. The van der Waals surface area contributed by atoms with E-state index in [1.165, 1.54) is 11.9 Å². The average molecular weight is 522 g/mol. The summed E-state index contributed by atoms with van der Waals surface area (Å²) in [5.74, 6) is -0.279. The van der Waals surface area contributed by atoms with Crippen LogP contribution in [0.4, 0.5) is 0 Å². The van der Waals surface area contributed by atoms with Gasteiger partial charge in [-0.25, -0.2) is 0 Å². The summed E-state index contributed by atoms with van der Waals surface area (Å²) in [5, 5.41) is 22.6. The van der Waals surface area contributed by atoms with Crippen LogP contribution in [0.1, 0.15) is 28.7 Å². The highest BCUT2D eigenvalue weighted by Gasteiger charge is 2.25. The van der Waals surface area contributed by atoms with Gasteiger partial charge in [0.1, 0.15) is 11.9 Å². The number of hydrogen-bond acceptors (Lipinski definition) is 8. The first-order chi connectivity index (χ1) is 18.0. The van der Waals surface area contributed by atoms with Crippen LogP contribution in [0.15, 0.2) is 73.3 Å². The Kier molecular flexibility index (Phi) is 11.0. The van der Waals surface area contributed by atoms with E-state index in [-0.39, 0.29) is 18.3 Å². The maximum absolute atomic E-state index is 13.1. The van der Waals surface area contributed by atoms with E-state index in [9.17, 15) is 14.7 Å². The van der Waals surface area contributed by atoms with Crippen LogP contribution in [-0.2, 0) is 28.3 Å². The van der Waals surface area contributed by atoms with Crippen LogP contribution in [0.2, 0.25) is 0 Å². The predicted molar refractivity (Wildman–Crippen MR) is 143 cm³/mol. The second kappa shape index (κ2) is 14.7. The Bertz CT molecular complexity index is 1150. The number of aryl methyl sites for hydroxylation is 1. The number of aliphatic hydroxyl groups excluding tert-OH is 1. The molecule has 10 nitrogen and oxygen atoms in total. The van der Waals surface area contributed by atoms with Gasteiger partial charge in [0.25, 0.3) is 0 Å². The van der Waals surface area contributed by atoms with Crippen LogP contribution in [-0.4, -0.2) is 51.4 Å². The van der Waals surface area contributed by atoms with Gasteiger partial charge in [-0.15, -0.1) is 0 Å². The van der Waals surface area contributed by atoms with Gasteiger partial charge in [-0.2, -0.15) is 0 Å². The van der Waals surface area contributed by atoms with Gasteiger partial charge >= 0.3 is 0 Å². The summed E-state index contributed by atoms with van der Waals surface area (Å²) in [4.78, 5) is 33.8. The van der Waals surface area contributed by atoms with E-state index in [0.717, 1.165) is 16.7 Å². The molecule has 3 aromatic rings. The molecule has 0 saturated carbocycles. The molecule has 2 heterocycles. The van der Waals surface area contributed by atoms with Crippen molar-refractivity contribution < 1.29 is 14.7 Å². The van der Waals surface area contributed by atoms with Crippen molar-refractivity contribution in [1.82, 2.24) is 25.3 Å². The number of nitrogens with one attached hydrogen (secondary N) is 4. The topological polar surface area (TPSA) is 166 Å². The quantitative estimate of drug-likeness (QED) is 0.105.